The zero-order valence-corrected chi connectivity index (χ0v) is 7.41. The predicted molar refractivity (Wildman–Crippen MR) is 45.3 cm³/mol. The Hall–Kier alpha value is -0.0200. The summed E-state index contributed by atoms with van der Waals surface area (Å²) in [5.41, 5.74) is 0. The molecule has 10 heavy (non-hydrogen) atoms. The van der Waals surface area contributed by atoms with Gasteiger partial charge >= 0.3 is 5.12 Å². The van der Waals surface area contributed by atoms with Crippen LogP contribution in [0.4, 0.5) is 0 Å². The van der Waals surface area contributed by atoms with Gasteiger partial charge in [-0.25, -0.2) is 4.79 Å². The van der Waals surface area contributed by atoms with E-state index in [1.807, 2.05) is 0 Å². The number of hydrogen-bond acceptors (Lipinski definition) is 2. The summed E-state index contributed by atoms with van der Waals surface area (Å²) < 4.78 is 0. The second-order valence-corrected chi connectivity index (χ2v) is 5.07. The van der Waals surface area contributed by atoms with Crippen molar-refractivity contribution < 1.29 is 4.79 Å². The van der Waals surface area contributed by atoms with Gasteiger partial charge in [0.25, 0.3) is 0 Å². The van der Waals surface area contributed by atoms with Crippen LogP contribution in [0, 0.1) is 0 Å². The molecule has 1 aliphatic rings. The van der Waals surface area contributed by atoms with Gasteiger partial charge in [-0.3, -0.25) is 4.90 Å². The molecular formula is C7H14NOS+. The molecule has 0 unspecified atom stereocenters. The van der Waals surface area contributed by atoms with Crippen molar-refractivity contribution in [2.75, 3.05) is 31.6 Å². The summed E-state index contributed by atoms with van der Waals surface area (Å²) in [6.07, 6.45) is 0. The number of carbonyl (C=O) groups is 1. The Bertz CT molecular complexity index is 130. The highest BCUT2D eigenvalue weighted by molar-refractivity contribution is 8.10. The van der Waals surface area contributed by atoms with E-state index in [0.29, 0.717) is 5.12 Å². The van der Waals surface area contributed by atoms with E-state index in [9.17, 15) is 4.79 Å². The maximum Gasteiger partial charge on any atom is 0.328 e. The van der Waals surface area contributed by atoms with E-state index < -0.39 is 0 Å². The molecule has 1 aliphatic heterocycles. The molecule has 0 spiro atoms. The predicted octanol–water partition coefficient (Wildman–Crippen LogP) is 0.0966. The van der Waals surface area contributed by atoms with Gasteiger partial charge in [-0.2, -0.15) is 0 Å². The second kappa shape index (κ2) is 3.39. The first kappa shape index (κ1) is 8.08. The van der Waals surface area contributed by atoms with E-state index in [2.05, 4.69) is 11.9 Å². The fourth-order valence-electron chi connectivity index (χ4n) is 1.03. The number of carbonyl (C=O) groups excluding carboxylic acids is 1. The van der Waals surface area contributed by atoms with Crippen LogP contribution < -0.4 is 0 Å². The van der Waals surface area contributed by atoms with Gasteiger partial charge in [0.1, 0.15) is 11.5 Å². The van der Waals surface area contributed by atoms with Crippen LogP contribution in [0.2, 0.25) is 0 Å². The van der Waals surface area contributed by atoms with E-state index >= 15 is 0 Å². The molecule has 0 radical (unpaired) electrons. The van der Waals surface area contributed by atoms with Crippen molar-refractivity contribution in [3.63, 3.8) is 0 Å². The molecule has 0 aromatic rings. The minimum Gasteiger partial charge on any atom is -0.297 e. The Morgan fingerprint density at radius 1 is 1.40 bits per heavy atom. The highest BCUT2D eigenvalue weighted by Crippen LogP contribution is 2.05. The van der Waals surface area contributed by atoms with Crippen molar-refractivity contribution >= 4 is 16.0 Å². The third-order valence-corrected chi connectivity index (χ3v) is 4.01. The Kier molecular flexibility index (Phi) is 2.74. The maximum absolute atomic E-state index is 10.9. The van der Waals surface area contributed by atoms with Crippen LogP contribution in [0.3, 0.4) is 0 Å². The molecule has 3 heteroatoms. The van der Waals surface area contributed by atoms with Crippen LogP contribution in [-0.2, 0) is 15.7 Å². The highest BCUT2D eigenvalue weighted by Gasteiger charge is 2.28. The summed E-state index contributed by atoms with van der Waals surface area (Å²) >= 11 is 0. The average molecular weight is 160 g/mol. The third kappa shape index (κ3) is 1.99. The van der Waals surface area contributed by atoms with Gasteiger partial charge in [0.05, 0.1) is 10.9 Å². The van der Waals surface area contributed by atoms with E-state index in [1.54, 1.807) is 6.92 Å². The molecule has 2 nitrogen and oxygen atoms in total. The van der Waals surface area contributed by atoms with Crippen LogP contribution in [-0.4, -0.2) is 41.7 Å². The molecule has 0 bridgehead atoms. The van der Waals surface area contributed by atoms with Gasteiger partial charge in [0.2, 0.25) is 0 Å². The van der Waals surface area contributed by atoms with E-state index in [1.165, 1.54) is 0 Å². The topological polar surface area (TPSA) is 20.3 Å². The SMILES string of the molecule is CC(=O)[S+]1CCN(C)CC1. The highest BCUT2D eigenvalue weighted by atomic mass is 32.2. The van der Waals surface area contributed by atoms with Crippen molar-refractivity contribution in [1.29, 1.82) is 0 Å². The molecule has 0 saturated carbocycles. The lowest BCUT2D eigenvalue weighted by Crippen LogP contribution is -2.40. The smallest absolute Gasteiger partial charge is 0.297 e. The number of rotatable bonds is 0. The number of hydrogen-bond donors (Lipinski definition) is 0. The molecule has 0 aromatic carbocycles. The van der Waals surface area contributed by atoms with Gasteiger partial charge in [0, 0.05) is 20.0 Å². The van der Waals surface area contributed by atoms with Gasteiger partial charge in [-0.05, 0) is 7.05 Å². The summed E-state index contributed by atoms with van der Waals surface area (Å²) in [6.45, 7) is 3.92. The van der Waals surface area contributed by atoms with Crippen molar-refractivity contribution in [1.82, 2.24) is 4.90 Å². The molecule has 0 aliphatic carbocycles. The average Bonchev–Trinajstić information content (AvgIpc) is 1.88. The molecule has 0 aromatic heterocycles. The number of nitrogens with zero attached hydrogens (tertiary/aromatic N) is 1. The first-order valence-electron chi connectivity index (χ1n) is 3.57. The van der Waals surface area contributed by atoms with Crippen LogP contribution in [0.25, 0.3) is 0 Å². The fourth-order valence-corrected chi connectivity index (χ4v) is 2.88. The third-order valence-electron chi connectivity index (χ3n) is 1.85. The van der Waals surface area contributed by atoms with Crippen LogP contribution in [0.5, 0.6) is 0 Å². The normalized spacial score (nSPS) is 23.0. The Morgan fingerprint density at radius 2 is 1.90 bits per heavy atom. The van der Waals surface area contributed by atoms with Crippen molar-refractivity contribution in [3.05, 3.63) is 0 Å². The van der Waals surface area contributed by atoms with Crippen LogP contribution >= 0.6 is 0 Å². The molecule has 0 amide bonds. The molecule has 0 atom stereocenters. The minimum atomic E-state index is 0.102. The van der Waals surface area contributed by atoms with Crippen LogP contribution in [0.15, 0.2) is 0 Å². The molecule has 0 N–H and O–H groups in total. The second-order valence-electron chi connectivity index (χ2n) is 2.70. The minimum absolute atomic E-state index is 0.102. The Morgan fingerprint density at radius 3 is 2.30 bits per heavy atom. The standard InChI is InChI=1S/C7H14NOS/c1-7(9)10-5-3-8(2)4-6-10/h3-6H2,1-2H3/q+1. The van der Waals surface area contributed by atoms with Crippen molar-refractivity contribution in [2.24, 2.45) is 0 Å². The van der Waals surface area contributed by atoms with E-state index in [-0.39, 0.29) is 10.9 Å². The summed E-state index contributed by atoms with van der Waals surface area (Å²) in [4.78, 5) is 13.2. The van der Waals surface area contributed by atoms with E-state index in [4.69, 9.17) is 0 Å². The Labute approximate surface area is 64.9 Å². The Balaban J connectivity index is 2.33. The molecular weight excluding hydrogens is 146 g/mol. The largest absolute Gasteiger partial charge is 0.328 e. The summed E-state index contributed by atoms with van der Waals surface area (Å²) in [7, 11) is 2.21. The summed E-state index contributed by atoms with van der Waals surface area (Å²) in [5, 5.41) is 0.396. The lowest BCUT2D eigenvalue weighted by molar-refractivity contribution is -0.109. The zero-order valence-electron chi connectivity index (χ0n) is 6.59. The van der Waals surface area contributed by atoms with Crippen LogP contribution in [0.1, 0.15) is 6.92 Å². The van der Waals surface area contributed by atoms with Crippen molar-refractivity contribution in [3.8, 4) is 0 Å². The van der Waals surface area contributed by atoms with Gasteiger partial charge < -0.3 is 0 Å². The van der Waals surface area contributed by atoms with Gasteiger partial charge in [0.15, 0.2) is 0 Å². The fraction of sp³-hybridized carbons (Fsp3) is 0.857. The maximum atomic E-state index is 10.9. The van der Waals surface area contributed by atoms with Gasteiger partial charge in [-0.15, -0.1) is 0 Å². The zero-order chi connectivity index (χ0) is 7.56. The molecule has 1 fully saturated rings. The van der Waals surface area contributed by atoms with E-state index in [0.717, 1.165) is 24.6 Å². The molecule has 1 saturated heterocycles. The van der Waals surface area contributed by atoms with Gasteiger partial charge in [-0.1, -0.05) is 0 Å². The lowest BCUT2D eigenvalue weighted by atomic mass is 10.6. The quantitative estimate of drug-likeness (QED) is 0.468. The monoisotopic (exact) mass is 160 g/mol. The molecule has 1 rings (SSSR count). The van der Waals surface area contributed by atoms with Crippen molar-refractivity contribution in [2.45, 2.75) is 6.92 Å². The molecule has 1 heterocycles. The molecule has 58 valence electrons. The summed E-state index contributed by atoms with van der Waals surface area (Å²) in [5.74, 6) is 2.18. The first-order chi connectivity index (χ1) is 4.70. The summed E-state index contributed by atoms with van der Waals surface area (Å²) in [6, 6.07) is 0. The lowest BCUT2D eigenvalue weighted by Gasteiger charge is -2.20. The first-order valence-corrected chi connectivity index (χ1v) is 5.13.